The van der Waals surface area contributed by atoms with Gasteiger partial charge in [0.15, 0.2) is 0 Å². The topological polar surface area (TPSA) is 20.2 Å². The van der Waals surface area contributed by atoms with E-state index < -0.39 is 12.5 Å². The predicted octanol–water partition coefficient (Wildman–Crippen LogP) is 1.41. The molecule has 0 saturated carbocycles. The van der Waals surface area contributed by atoms with E-state index in [0.717, 1.165) is 0 Å². The molecule has 0 aliphatic rings. The second kappa shape index (κ2) is 3.03. The first-order valence-electron chi connectivity index (χ1n) is 3.57. The summed E-state index contributed by atoms with van der Waals surface area (Å²) in [5, 5.41) is 8.88. The maximum atomic E-state index is 8.88. The van der Waals surface area contributed by atoms with Gasteiger partial charge >= 0.3 is 0 Å². The molecule has 7 heavy (non-hydrogen) atoms. The Morgan fingerprint density at radius 3 is 2.00 bits per heavy atom. The van der Waals surface area contributed by atoms with Gasteiger partial charge in [0.1, 0.15) is 0 Å². The smallest absolute Gasteiger partial charge is 0.0514 e. The van der Waals surface area contributed by atoms with Crippen LogP contribution in [0, 0.1) is 5.92 Å². The van der Waals surface area contributed by atoms with Crippen LogP contribution in [0.1, 0.15) is 29.9 Å². The highest BCUT2D eigenvalue weighted by atomic mass is 16.3. The largest absolute Gasteiger partial charge is 0.393 e. The van der Waals surface area contributed by atoms with Gasteiger partial charge in [-0.3, -0.25) is 0 Å². The molecule has 1 N–H and O–H groups in total. The van der Waals surface area contributed by atoms with E-state index in [4.69, 9.17) is 7.85 Å². The van der Waals surface area contributed by atoms with Gasteiger partial charge in [-0.15, -0.1) is 0 Å². The lowest BCUT2D eigenvalue weighted by atomic mass is 10.1. The molecule has 0 saturated heterocycles. The number of rotatable bonds is 2. The summed E-state index contributed by atoms with van der Waals surface area (Å²) in [6, 6.07) is 0. The van der Waals surface area contributed by atoms with Crippen LogP contribution >= 0.6 is 0 Å². The minimum atomic E-state index is -1.44. The van der Waals surface area contributed by atoms with Crippen LogP contribution in [0.25, 0.3) is 0 Å². The lowest BCUT2D eigenvalue weighted by Crippen LogP contribution is -2.03. The number of aliphatic hydroxyl groups excluding tert-OH is 1. The van der Waals surface area contributed by atoms with Gasteiger partial charge in [-0.25, -0.2) is 0 Å². The maximum absolute atomic E-state index is 8.88. The molecule has 0 amide bonds. The molecule has 0 radical (unpaired) electrons. The van der Waals surface area contributed by atoms with Gasteiger partial charge in [-0.2, -0.15) is 0 Å². The van der Waals surface area contributed by atoms with E-state index in [0.29, 0.717) is 0 Å². The fourth-order valence-electron chi connectivity index (χ4n) is 0.482. The highest BCUT2D eigenvalue weighted by Gasteiger charge is 1.97. The van der Waals surface area contributed by atoms with E-state index >= 15 is 0 Å². The molecule has 0 heterocycles. The summed E-state index contributed by atoms with van der Waals surface area (Å²) in [5.41, 5.74) is 0. The Balaban J connectivity index is 4.01. The van der Waals surface area contributed by atoms with Crippen molar-refractivity contribution in [2.45, 2.75) is 33.2 Å². The lowest BCUT2D eigenvalue weighted by molar-refractivity contribution is 0.168. The molecule has 1 nitrogen and oxygen atoms in total. The summed E-state index contributed by atoms with van der Waals surface area (Å²) in [6.45, 7) is 4.99. The van der Waals surface area contributed by atoms with Crippen molar-refractivity contribution in [3.8, 4) is 0 Å². The average Bonchev–Trinajstić information content (AvgIpc) is 1.65. The number of aliphatic hydroxyl groups is 1. The van der Waals surface area contributed by atoms with Gasteiger partial charge in [-0.1, -0.05) is 13.8 Å². The first-order chi connectivity index (χ1) is 3.89. The summed E-state index contributed by atoms with van der Waals surface area (Å²) in [7, 11) is 0. The van der Waals surface area contributed by atoms with Crippen LogP contribution in [-0.4, -0.2) is 11.2 Å². The van der Waals surface area contributed by atoms with Crippen molar-refractivity contribution in [2.75, 3.05) is 0 Å². The molecule has 0 spiro atoms. The first kappa shape index (κ1) is 3.90. The van der Waals surface area contributed by atoms with E-state index in [1.807, 2.05) is 0 Å². The number of hydrogen-bond acceptors (Lipinski definition) is 1. The zero-order valence-corrected chi connectivity index (χ0v) is 5.10. The quantitative estimate of drug-likeness (QED) is 0.561. The van der Waals surface area contributed by atoms with Gasteiger partial charge in [0.25, 0.3) is 0 Å². The second-order valence-corrected chi connectivity index (χ2v) is 2.00. The highest BCUT2D eigenvalue weighted by molar-refractivity contribution is 4.49. The van der Waals surface area contributed by atoms with E-state index in [2.05, 4.69) is 0 Å². The van der Waals surface area contributed by atoms with E-state index in [1.165, 1.54) is 6.92 Å². The van der Waals surface area contributed by atoms with Crippen molar-refractivity contribution in [1.82, 2.24) is 0 Å². The molecule has 0 aromatic heterocycles. The minimum absolute atomic E-state index is 0.127. The molecule has 0 rings (SSSR count). The van der Waals surface area contributed by atoms with Crippen LogP contribution in [-0.2, 0) is 0 Å². The normalized spacial score (nSPS) is 21.3. The Bertz CT molecular complexity index is 79.1. The van der Waals surface area contributed by atoms with Crippen LogP contribution in [0.5, 0.6) is 0 Å². The molecule has 0 bridgehead atoms. The molecule has 0 aliphatic carbocycles. The maximum Gasteiger partial charge on any atom is 0.0514 e. The van der Waals surface area contributed by atoms with Crippen molar-refractivity contribution in [2.24, 2.45) is 5.92 Å². The summed E-state index contributed by atoms with van der Waals surface area (Å²) < 4.78 is 14.5. The van der Waals surface area contributed by atoms with E-state index in [9.17, 15) is 0 Å². The lowest BCUT2D eigenvalue weighted by Gasteiger charge is -2.04. The van der Waals surface area contributed by atoms with E-state index in [1.54, 1.807) is 13.8 Å². The van der Waals surface area contributed by atoms with Gasteiger partial charge in [0.2, 0.25) is 0 Å². The Kier molecular flexibility index (Phi) is 1.69. The fraction of sp³-hybridized carbons (Fsp3) is 1.00. The zero-order valence-electron chi connectivity index (χ0n) is 7.10. The summed E-state index contributed by atoms with van der Waals surface area (Å²) in [4.78, 5) is 0. The van der Waals surface area contributed by atoms with Gasteiger partial charge in [0, 0.05) is 2.74 Å². The highest BCUT2D eigenvalue weighted by Crippen LogP contribution is 2.01. The van der Waals surface area contributed by atoms with Crippen LogP contribution in [0.15, 0.2) is 0 Å². The Morgan fingerprint density at radius 2 is 2.00 bits per heavy atom. The molecule has 1 heteroatoms. The Labute approximate surface area is 48.2 Å². The molecule has 1 atom stereocenters. The van der Waals surface area contributed by atoms with Crippen LogP contribution < -0.4 is 0 Å². The molecular weight excluding hydrogens is 88.1 g/mol. The molecule has 0 aromatic rings. The van der Waals surface area contributed by atoms with Gasteiger partial charge in [0.05, 0.1) is 6.10 Å². The van der Waals surface area contributed by atoms with Gasteiger partial charge < -0.3 is 5.11 Å². The van der Waals surface area contributed by atoms with Crippen molar-refractivity contribution in [3.63, 3.8) is 0 Å². The second-order valence-electron chi connectivity index (χ2n) is 2.00. The fourth-order valence-corrected chi connectivity index (χ4v) is 0.482. The molecular formula is C6H14O. The van der Waals surface area contributed by atoms with Crippen molar-refractivity contribution >= 4 is 0 Å². The molecule has 44 valence electrons. The zero-order chi connectivity index (χ0) is 7.65. The van der Waals surface area contributed by atoms with E-state index in [-0.39, 0.29) is 5.92 Å². The summed E-state index contributed by atoms with van der Waals surface area (Å²) in [5.74, 6) is -0.127. The molecule has 0 aliphatic heterocycles. The van der Waals surface area contributed by atoms with Crippen molar-refractivity contribution < 1.29 is 7.85 Å². The van der Waals surface area contributed by atoms with Crippen molar-refractivity contribution in [1.29, 1.82) is 0 Å². The Morgan fingerprint density at radius 1 is 1.57 bits per heavy atom. The van der Waals surface area contributed by atoms with Gasteiger partial charge in [-0.05, 0) is 19.2 Å². The average molecular weight is 104 g/mol. The third-order valence-electron chi connectivity index (χ3n) is 0.575. The Hall–Kier alpha value is -0.0400. The first-order valence-corrected chi connectivity index (χ1v) is 2.57. The molecule has 0 aromatic carbocycles. The third-order valence-corrected chi connectivity index (χ3v) is 0.575. The summed E-state index contributed by atoms with van der Waals surface area (Å²) in [6.07, 6.45) is -2.32. The predicted molar refractivity (Wildman–Crippen MR) is 31.1 cm³/mol. The summed E-state index contributed by atoms with van der Waals surface area (Å²) >= 11 is 0. The monoisotopic (exact) mass is 104 g/mol. The van der Waals surface area contributed by atoms with Crippen LogP contribution in [0.4, 0.5) is 0 Å². The minimum Gasteiger partial charge on any atom is -0.393 e. The third kappa shape index (κ3) is 5.96. The standard InChI is InChI=1S/C6H14O/c1-5(2)4-6(3)7/h5-7H,4H2,1-3H3/t6-/m0/s1/i4D2. The number of hydrogen-bond donors (Lipinski definition) is 1. The van der Waals surface area contributed by atoms with Crippen molar-refractivity contribution in [3.05, 3.63) is 0 Å². The van der Waals surface area contributed by atoms with Crippen LogP contribution in [0.2, 0.25) is 0 Å². The SMILES string of the molecule is [2H]C([2H])(C(C)C)[C@H](C)O. The molecule has 0 unspecified atom stereocenters. The van der Waals surface area contributed by atoms with Crippen LogP contribution in [0.3, 0.4) is 0 Å². The molecule has 0 fully saturated rings.